The predicted molar refractivity (Wildman–Crippen MR) is 67.1 cm³/mol. The zero-order valence-corrected chi connectivity index (χ0v) is 10.8. The molecule has 1 aliphatic heterocycles. The van der Waals surface area contributed by atoms with Gasteiger partial charge in [0.25, 0.3) is 5.91 Å². The number of methoxy groups -OCH3 is 1. The van der Waals surface area contributed by atoms with E-state index >= 15 is 0 Å². The maximum Gasteiger partial charge on any atom is 0.327 e. The molecule has 1 heterocycles. The molecule has 2 rings (SSSR count). The molecule has 100 valence electrons. The average Bonchev–Trinajstić information content (AvgIpc) is 2.65. The van der Waals surface area contributed by atoms with Gasteiger partial charge in [-0.15, -0.1) is 0 Å². The van der Waals surface area contributed by atoms with Crippen molar-refractivity contribution >= 4 is 17.7 Å². The maximum atomic E-state index is 12.1. The number of rotatable bonds is 4. The van der Waals surface area contributed by atoms with Crippen molar-refractivity contribution in [2.45, 2.75) is 0 Å². The van der Waals surface area contributed by atoms with Crippen molar-refractivity contribution in [2.24, 2.45) is 0 Å². The van der Waals surface area contributed by atoms with Crippen LogP contribution in [0.3, 0.4) is 0 Å². The highest BCUT2D eigenvalue weighted by molar-refractivity contribution is 6.08. The fourth-order valence-electron chi connectivity index (χ4n) is 1.93. The lowest BCUT2D eigenvalue weighted by Crippen LogP contribution is -2.36. The summed E-state index contributed by atoms with van der Waals surface area (Å²) in [5.74, 6) is -0.259. The summed E-state index contributed by atoms with van der Waals surface area (Å²) in [4.78, 5) is 37.6. The lowest BCUT2D eigenvalue weighted by atomic mass is 10.1. The average molecular weight is 262 g/mol. The number of ketones is 1. The lowest BCUT2D eigenvalue weighted by Gasteiger charge is -2.14. The second kappa shape index (κ2) is 5.09. The molecule has 1 aromatic carbocycles. The van der Waals surface area contributed by atoms with Gasteiger partial charge >= 0.3 is 6.03 Å². The monoisotopic (exact) mass is 262 g/mol. The second-order valence-electron chi connectivity index (χ2n) is 4.24. The molecule has 0 aromatic heterocycles. The molecule has 0 saturated carbocycles. The minimum Gasteiger partial charge on any atom is -0.496 e. The Kier molecular flexibility index (Phi) is 3.50. The van der Waals surface area contributed by atoms with Gasteiger partial charge in [-0.3, -0.25) is 14.5 Å². The molecule has 0 N–H and O–H groups in total. The molecule has 0 spiro atoms. The summed E-state index contributed by atoms with van der Waals surface area (Å²) >= 11 is 0. The number of carbonyl (C=O) groups excluding carboxylic acids is 3. The molecule has 3 amide bonds. The minimum atomic E-state index is -0.451. The van der Waals surface area contributed by atoms with Gasteiger partial charge in [-0.2, -0.15) is 0 Å². The van der Waals surface area contributed by atoms with E-state index in [-0.39, 0.29) is 24.8 Å². The highest BCUT2D eigenvalue weighted by Gasteiger charge is 2.35. The molecular formula is C13H14N2O4. The number of amides is 3. The van der Waals surface area contributed by atoms with Gasteiger partial charge in [0.15, 0.2) is 5.78 Å². The number of benzene rings is 1. The minimum absolute atomic E-state index is 0.0119. The smallest absolute Gasteiger partial charge is 0.327 e. The molecule has 6 heteroatoms. The highest BCUT2D eigenvalue weighted by Crippen LogP contribution is 2.19. The third-order valence-electron chi connectivity index (χ3n) is 2.94. The first-order chi connectivity index (χ1) is 9.04. The van der Waals surface area contributed by atoms with E-state index in [2.05, 4.69) is 0 Å². The van der Waals surface area contributed by atoms with Gasteiger partial charge in [0.1, 0.15) is 12.3 Å². The summed E-state index contributed by atoms with van der Waals surface area (Å²) in [7, 11) is 2.99. The van der Waals surface area contributed by atoms with Crippen LogP contribution in [0.4, 0.5) is 4.79 Å². The van der Waals surface area contributed by atoms with E-state index < -0.39 is 6.03 Å². The highest BCUT2D eigenvalue weighted by atomic mass is 16.5. The fourth-order valence-corrected chi connectivity index (χ4v) is 1.93. The van der Waals surface area contributed by atoms with Crippen LogP contribution in [-0.4, -0.2) is 54.8 Å². The number of Topliss-reactive ketones (excluding diaryl/α,β-unsaturated/α-hetero) is 1. The number of likely N-dealkylation sites (N-methyl/N-ethyl adjacent to an activating group) is 1. The Morgan fingerprint density at radius 1 is 1.32 bits per heavy atom. The van der Waals surface area contributed by atoms with Crippen molar-refractivity contribution < 1.29 is 19.1 Å². The van der Waals surface area contributed by atoms with Crippen LogP contribution in [0, 0.1) is 0 Å². The molecule has 0 unspecified atom stereocenters. The van der Waals surface area contributed by atoms with E-state index in [1.54, 1.807) is 24.3 Å². The van der Waals surface area contributed by atoms with Gasteiger partial charge in [0, 0.05) is 7.05 Å². The first-order valence-electron chi connectivity index (χ1n) is 5.76. The van der Waals surface area contributed by atoms with Crippen LogP contribution in [0.5, 0.6) is 5.75 Å². The number of nitrogens with zero attached hydrogens (tertiary/aromatic N) is 2. The molecule has 1 saturated heterocycles. The van der Waals surface area contributed by atoms with Gasteiger partial charge in [-0.05, 0) is 12.1 Å². The number of ether oxygens (including phenoxy) is 1. The quantitative estimate of drug-likeness (QED) is 0.594. The summed E-state index contributed by atoms with van der Waals surface area (Å²) in [5, 5.41) is 0. The van der Waals surface area contributed by atoms with Crippen LogP contribution in [-0.2, 0) is 4.79 Å². The van der Waals surface area contributed by atoms with E-state index in [0.717, 1.165) is 4.90 Å². The topological polar surface area (TPSA) is 66.9 Å². The van der Waals surface area contributed by atoms with Gasteiger partial charge < -0.3 is 9.64 Å². The molecule has 19 heavy (non-hydrogen) atoms. The van der Waals surface area contributed by atoms with Crippen LogP contribution in [0.25, 0.3) is 0 Å². The lowest BCUT2D eigenvalue weighted by molar-refractivity contribution is -0.125. The molecule has 0 bridgehead atoms. The Morgan fingerprint density at radius 3 is 2.58 bits per heavy atom. The number of urea groups is 1. The van der Waals surface area contributed by atoms with Crippen LogP contribution in [0.15, 0.2) is 24.3 Å². The Morgan fingerprint density at radius 2 is 2.00 bits per heavy atom. The maximum absolute atomic E-state index is 12.1. The van der Waals surface area contributed by atoms with E-state index in [4.69, 9.17) is 4.74 Å². The third-order valence-corrected chi connectivity index (χ3v) is 2.94. The molecule has 0 radical (unpaired) electrons. The molecule has 1 aliphatic rings. The van der Waals surface area contributed by atoms with Crippen molar-refractivity contribution in [3.05, 3.63) is 29.8 Å². The second-order valence-corrected chi connectivity index (χ2v) is 4.24. The van der Waals surface area contributed by atoms with E-state index in [9.17, 15) is 14.4 Å². The number of hydrogen-bond donors (Lipinski definition) is 0. The third kappa shape index (κ3) is 2.42. The standard InChI is InChI=1S/C13H14N2O4/c1-14-8-12(17)15(13(14)18)7-10(16)9-5-3-4-6-11(9)19-2/h3-6H,7-8H2,1-2H3. The number of imide groups is 1. The number of hydrogen-bond acceptors (Lipinski definition) is 4. The van der Waals surface area contributed by atoms with E-state index in [1.807, 2.05) is 0 Å². The molecule has 0 atom stereocenters. The fraction of sp³-hybridized carbons (Fsp3) is 0.308. The van der Waals surface area contributed by atoms with Gasteiger partial charge in [0.05, 0.1) is 19.2 Å². The van der Waals surface area contributed by atoms with Crippen molar-refractivity contribution in [3.63, 3.8) is 0 Å². The SMILES string of the molecule is COc1ccccc1C(=O)CN1C(=O)CN(C)C1=O. The molecular weight excluding hydrogens is 248 g/mol. The van der Waals surface area contributed by atoms with Gasteiger partial charge in [-0.1, -0.05) is 12.1 Å². The summed E-state index contributed by atoms with van der Waals surface area (Å²) < 4.78 is 5.09. The molecule has 6 nitrogen and oxygen atoms in total. The van der Waals surface area contributed by atoms with Crippen molar-refractivity contribution in [3.8, 4) is 5.75 Å². The summed E-state index contributed by atoms with van der Waals surface area (Å²) in [6, 6.07) is 6.27. The first-order valence-corrected chi connectivity index (χ1v) is 5.76. The Hall–Kier alpha value is -2.37. The number of para-hydroxylation sites is 1. The summed E-state index contributed by atoms with van der Waals surface area (Å²) in [6.07, 6.45) is 0. The molecule has 0 aliphatic carbocycles. The van der Waals surface area contributed by atoms with Crippen LogP contribution in [0.2, 0.25) is 0 Å². The number of carbonyl (C=O) groups is 3. The van der Waals surface area contributed by atoms with Crippen LogP contribution in [0.1, 0.15) is 10.4 Å². The predicted octanol–water partition coefficient (Wildman–Crippen LogP) is 0.772. The van der Waals surface area contributed by atoms with Gasteiger partial charge in [-0.25, -0.2) is 4.79 Å². The van der Waals surface area contributed by atoms with Crippen LogP contribution >= 0.6 is 0 Å². The zero-order chi connectivity index (χ0) is 14.0. The summed E-state index contributed by atoms with van der Waals surface area (Å²) in [5.41, 5.74) is 0.361. The summed E-state index contributed by atoms with van der Waals surface area (Å²) in [6.45, 7) is -0.250. The molecule has 1 aromatic rings. The van der Waals surface area contributed by atoms with Crippen LogP contribution < -0.4 is 4.74 Å². The molecule has 1 fully saturated rings. The Labute approximate surface area is 110 Å². The van der Waals surface area contributed by atoms with Gasteiger partial charge in [0.2, 0.25) is 0 Å². The van der Waals surface area contributed by atoms with Crippen molar-refractivity contribution in [2.75, 3.05) is 27.2 Å². The largest absolute Gasteiger partial charge is 0.496 e. The normalized spacial score (nSPS) is 15.1. The van der Waals surface area contributed by atoms with E-state index in [1.165, 1.54) is 19.1 Å². The van der Waals surface area contributed by atoms with Crippen molar-refractivity contribution in [1.29, 1.82) is 0 Å². The Balaban J connectivity index is 2.18. The van der Waals surface area contributed by atoms with E-state index in [0.29, 0.717) is 11.3 Å². The zero-order valence-electron chi connectivity index (χ0n) is 10.8. The Bertz CT molecular complexity index is 541. The first kappa shape index (κ1) is 13.1. The van der Waals surface area contributed by atoms with Crippen molar-refractivity contribution in [1.82, 2.24) is 9.80 Å².